The van der Waals surface area contributed by atoms with E-state index >= 15 is 0 Å². The summed E-state index contributed by atoms with van der Waals surface area (Å²) in [6.45, 7) is 8.33. The van der Waals surface area contributed by atoms with Gasteiger partial charge in [0, 0.05) is 17.7 Å². The van der Waals surface area contributed by atoms with Crippen LogP contribution in [-0.4, -0.2) is 44.0 Å². The SMILES string of the molecule is C=CCNC(=O)COC(=O)c1ccccc1C(=O)c1ccc(OCCC)c(OCCC)c1. The van der Waals surface area contributed by atoms with E-state index in [1.807, 2.05) is 13.8 Å². The van der Waals surface area contributed by atoms with Gasteiger partial charge in [0.1, 0.15) is 0 Å². The number of carbonyl (C=O) groups excluding carboxylic acids is 3. The molecule has 0 spiro atoms. The Morgan fingerprint density at radius 2 is 1.59 bits per heavy atom. The van der Waals surface area contributed by atoms with Gasteiger partial charge in [-0.25, -0.2) is 4.79 Å². The number of amides is 1. The number of rotatable bonds is 13. The van der Waals surface area contributed by atoms with Gasteiger partial charge in [-0.3, -0.25) is 9.59 Å². The highest BCUT2D eigenvalue weighted by atomic mass is 16.5. The predicted octanol–water partition coefficient (Wildman–Crippen LogP) is 3.95. The molecule has 7 nitrogen and oxygen atoms in total. The van der Waals surface area contributed by atoms with Crippen LogP contribution in [0.1, 0.15) is 53.0 Å². The van der Waals surface area contributed by atoms with E-state index in [9.17, 15) is 14.4 Å². The Morgan fingerprint density at radius 1 is 0.938 bits per heavy atom. The molecule has 0 saturated heterocycles. The van der Waals surface area contributed by atoms with Gasteiger partial charge in [0.05, 0.1) is 18.8 Å². The van der Waals surface area contributed by atoms with E-state index in [2.05, 4.69) is 11.9 Å². The lowest BCUT2D eigenvalue weighted by molar-refractivity contribution is -0.124. The van der Waals surface area contributed by atoms with Gasteiger partial charge in [0.2, 0.25) is 0 Å². The summed E-state index contributed by atoms with van der Waals surface area (Å²) in [6.07, 6.45) is 3.17. The largest absolute Gasteiger partial charge is 0.490 e. The number of nitrogens with one attached hydrogen (secondary N) is 1. The Morgan fingerprint density at radius 3 is 2.25 bits per heavy atom. The Kier molecular flexibility index (Phi) is 9.97. The van der Waals surface area contributed by atoms with Crippen molar-refractivity contribution in [2.75, 3.05) is 26.4 Å². The second-order valence-electron chi connectivity index (χ2n) is 6.90. The first-order chi connectivity index (χ1) is 15.5. The normalized spacial score (nSPS) is 10.2. The zero-order chi connectivity index (χ0) is 23.3. The molecule has 2 aromatic carbocycles. The van der Waals surface area contributed by atoms with Crippen LogP contribution in [0.4, 0.5) is 0 Å². The third-order valence-electron chi connectivity index (χ3n) is 4.30. The van der Waals surface area contributed by atoms with Crippen molar-refractivity contribution in [1.29, 1.82) is 0 Å². The zero-order valence-corrected chi connectivity index (χ0v) is 18.5. The van der Waals surface area contributed by atoms with Crippen LogP contribution in [0.3, 0.4) is 0 Å². The van der Waals surface area contributed by atoms with Crippen molar-refractivity contribution in [1.82, 2.24) is 5.32 Å². The molecule has 0 aliphatic heterocycles. The minimum absolute atomic E-state index is 0.0800. The molecule has 0 atom stereocenters. The molecule has 7 heteroatoms. The molecule has 0 bridgehead atoms. The van der Waals surface area contributed by atoms with Gasteiger partial charge < -0.3 is 19.5 Å². The molecule has 0 aromatic heterocycles. The van der Waals surface area contributed by atoms with Gasteiger partial charge in [0.15, 0.2) is 23.9 Å². The number of hydrogen-bond acceptors (Lipinski definition) is 6. The second-order valence-corrected chi connectivity index (χ2v) is 6.90. The van der Waals surface area contributed by atoms with Gasteiger partial charge in [0.25, 0.3) is 5.91 Å². The summed E-state index contributed by atoms with van der Waals surface area (Å²) in [7, 11) is 0. The quantitative estimate of drug-likeness (QED) is 0.289. The van der Waals surface area contributed by atoms with Gasteiger partial charge in [-0.2, -0.15) is 0 Å². The Hall–Kier alpha value is -3.61. The lowest BCUT2D eigenvalue weighted by atomic mass is 9.98. The van der Waals surface area contributed by atoms with E-state index in [0.717, 1.165) is 12.8 Å². The summed E-state index contributed by atoms with van der Waals surface area (Å²) in [4.78, 5) is 37.4. The smallest absolute Gasteiger partial charge is 0.339 e. The molecular weight excluding hydrogens is 410 g/mol. The number of ether oxygens (including phenoxy) is 3. The highest BCUT2D eigenvalue weighted by Crippen LogP contribution is 2.30. The van der Waals surface area contributed by atoms with E-state index in [4.69, 9.17) is 14.2 Å². The predicted molar refractivity (Wildman–Crippen MR) is 121 cm³/mol. The Bertz CT molecular complexity index is 953. The van der Waals surface area contributed by atoms with Gasteiger partial charge in [-0.15, -0.1) is 6.58 Å². The molecule has 0 aliphatic carbocycles. The first-order valence-electron chi connectivity index (χ1n) is 10.6. The first kappa shape index (κ1) is 24.7. The maximum absolute atomic E-state index is 13.2. The maximum Gasteiger partial charge on any atom is 0.339 e. The van der Waals surface area contributed by atoms with E-state index in [1.165, 1.54) is 12.1 Å². The second kappa shape index (κ2) is 12.9. The fourth-order valence-electron chi connectivity index (χ4n) is 2.77. The van der Waals surface area contributed by atoms with Crippen LogP contribution in [0, 0.1) is 0 Å². The van der Waals surface area contributed by atoms with E-state index < -0.39 is 18.5 Å². The summed E-state index contributed by atoms with van der Waals surface area (Å²) < 4.78 is 16.5. The molecule has 0 aliphatic rings. The van der Waals surface area contributed by atoms with Gasteiger partial charge in [-0.05, 0) is 37.1 Å². The molecule has 1 amide bonds. The third kappa shape index (κ3) is 6.97. The molecule has 0 heterocycles. The van der Waals surface area contributed by atoms with Gasteiger partial charge >= 0.3 is 5.97 Å². The molecule has 32 heavy (non-hydrogen) atoms. The topological polar surface area (TPSA) is 90.9 Å². The lowest BCUT2D eigenvalue weighted by Gasteiger charge is -2.14. The number of carbonyl (C=O) groups is 3. The van der Waals surface area contributed by atoms with Crippen molar-refractivity contribution in [3.63, 3.8) is 0 Å². The average molecular weight is 440 g/mol. The number of benzene rings is 2. The molecule has 0 saturated carbocycles. The van der Waals surface area contributed by atoms with Crippen molar-refractivity contribution in [3.05, 3.63) is 71.8 Å². The van der Waals surface area contributed by atoms with Crippen molar-refractivity contribution in [2.45, 2.75) is 26.7 Å². The van der Waals surface area contributed by atoms with Crippen molar-refractivity contribution in [2.24, 2.45) is 0 Å². The van der Waals surface area contributed by atoms with E-state index in [1.54, 1.807) is 36.4 Å². The molecule has 170 valence electrons. The van der Waals surface area contributed by atoms with Crippen LogP contribution in [0.25, 0.3) is 0 Å². The summed E-state index contributed by atoms with van der Waals surface area (Å²) in [5.74, 6) is -0.535. The van der Waals surface area contributed by atoms with Crippen LogP contribution >= 0.6 is 0 Å². The Balaban J connectivity index is 2.25. The highest BCUT2D eigenvalue weighted by Gasteiger charge is 2.21. The summed E-state index contributed by atoms with van der Waals surface area (Å²) in [5, 5.41) is 2.52. The molecule has 1 N–H and O–H groups in total. The molecule has 0 fully saturated rings. The maximum atomic E-state index is 13.2. The van der Waals surface area contributed by atoms with Crippen molar-refractivity contribution >= 4 is 17.7 Å². The monoisotopic (exact) mass is 439 g/mol. The van der Waals surface area contributed by atoms with Crippen LogP contribution in [-0.2, 0) is 9.53 Å². The van der Waals surface area contributed by atoms with Crippen molar-refractivity contribution in [3.8, 4) is 11.5 Å². The lowest BCUT2D eigenvalue weighted by Crippen LogP contribution is -2.29. The highest BCUT2D eigenvalue weighted by molar-refractivity contribution is 6.14. The van der Waals surface area contributed by atoms with Crippen LogP contribution < -0.4 is 14.8 Å². The minimum atomic E-state index is -0.756. The first-order valence-corrected chi connectivity index (χ1v) is 10.6. The van der Waals surface area contributed by atoms with Crippen molar-refractivity contribution < 1.29 is 28.6 Å². The molecule has 2 aromatic rings. The summed E-state index contributed by atoms with van der Waals surface area (Å²) >= 11 is 0. The van der Waals surface area contributed by atoms with E-state index in [-0.39, 0.29) is 23.5 Å². The van der Waals surface area contributed by atoms with E-state index in [0.29, 0.717) is 30.3 Å². The molecular formula is C25H29NO6. The number of esters is 1. The average Bonchev–Trinajstić information content (AvgIpc) is 2.83. The fourth-order valence-corrected chi connectivity index (χ4v) is 2.77. The van der Waals surface area contributed by atoms with Crippen LogP contribution in [0.5, 0.6) is 11.5 Å². The minimum Gasteiger partial charge on any atom is -0.490 e. The van der Waals surface area contributed by atoms with Crippen LogP contribution in [0.15, 0.2) is 55.1 Å². The number of hydrogen-bond donors (Lipinski definition) is 1. The molecule has 0 unspecified atom stereocenters. The molecule has 2 rings (SSSR count). The van der Waals surface area contributed by atoms with Crippen LogP contribution in [0.2, 0.25) is 0 Å². The van der Waals surface area contributed by atoms with Gasteiger partial charge in [-0.1, -0.05) is 38.1 Å². The number of ketones is 1. The zero-order valence-electron chi connectivity index (χ0n) is 18.5. The standard InChI is InChI=1S/C25H29NO6/c1-4-13-26-23(27)17-32-25(29)20-10-8-7-9-19(20)24(28)18-11-12-21(30-14-5-2)22(16-18)31-15-6-3/h4,7-12,16H,1,5-6,13-15,17H2,2-3H3,(H,26,27). The Labute approximate surface area is 188 Å². The summed E-state index contributed by atoms with van der Waals surface area (Å²) in [5.41, 5.74) is 0.605. The fraction of sp³-hybridized carbons (Fsp3) is 0.320. The third-order valence-corrected chi connectivity index (χ3v) is 4.30. The molecule has 0 radical (unpaired) electrons. The summed E-state index contributed by atoms with van der Waals surface area (Å²) in [6, 6.07) is 11.3.